The summed E-state index contributed by atoms with van der Waals surface area (Å²) in [5.41, 5.74) is 0.530. The van der Waals surface area contributed by atoms with E-state index in [0.29, 0.717) is 24.3 Å². The van der Waals surface area contributed by atoms with Crippen LogP contribution >= 0.6 is 0 Å². The van der Waals surface area contributed by atoms with Gasteiger partial charge < -0.3 is 9.64 Å². The van der Waals surface area contributed by atoms with Gasteiger partial charge in [0, 0.05) is 19.3 Å². The Balaban J connectivity index is 1.70. The quantitative estimate of drug-likeness (QED) is 0.757. The third-order valence-corrected chi connectivity index (χ3v) is 3.91. The second-order valence-electron chi connectivity index (χ2n) is 5.24. The molecular weight excluding hydrogens is 228 g/mol. The van der Waals surface area contributed by atoms with Crippen molar-refractivity contribution in [2.24, 2.45) is 5.92 Å². The molecule has 1 aromatic rings. The van der Waals surface area contributed by atoms with Crippen LogP contribution in [0.3, 0.4) is 0 Å². The van der Waals surface area contributed by atoms with Gasteiger partial charge in [-0.3, -0.25) is 9.78 Å². The van der Waals surface area contributed by atoms with Crippen molar-refractivity contribution in [1.29, 1.82) is 0 Å². The van der Waals surface area contributed by atoms with Gasteiger partial charge in [0.2, 0.25) is 0 Å². The number of rotatable bonds is 1. The van der Waals surface area contributed by atoms with Gasteiger partial charge in [-0.1, -0.05) is 6.07 Å². The van der Waals surface area contributed by atoms with Crippen LogP contribution in [0.2, 0.25) is 0 Å². The Kier molecular flexibility index (Phi) is 3.04. The van der Waals surface area contributed by atoms with Crippen LogP contribution in [0.15, 0.2) is 24.4 Å². The molecule has 18 heavy (non-hydrogen) atoms. The fraction of sp³-hybridized carbons (Fsp3) is 0.571. The molecule has 2 fully saturated rings. The van der Waals surface area contributed by atoms with Gasteiger partial charge in [0.25, 0.3) is 5.91 Å². The zero-order valence-electron chi connectivity index (χ0n) is 10.6. The van der Waals surface area contributed by atoms with E-state index in [1.807, 2.05) is 17.0 Å². The number of carbonyl (C=O) groups is 1. The fourth-order valence-electron chi connectivity index (χ4n) is 3.00. The van der Waals surface area contributed by atoms with E-state index < -0.39 is 0 Å². The van der Waals surface area contributed by atoms with Crippen molar-refractivity contribution in [2.45, 2.75) is 32.0 Å². The highest BCUT2D eigenvalue weighted by atomic mass is 16.5. The summed E-state index contributed by atoms with van der Waals surface area (Å²) in [4.78, 5) is 18.3. The first kappa shape index (κ1) is 11.7. The van der Waals surface area contributed by atoms with E-state index in [9.17, 15) is 4.79 Å². The molecule has 0 aromatic carbocycles. The molecule has 3 atom stereocenters. The Labute approximate surface area is 107 Å². The van der Waals surface area contributed by atoms with Crippen LogP contribution in [-0.4, -0.2) is 41.1 Å². The number of hydrogen-bond donors (Lipinski definition) is 0. The third-order valence-electron chi connectivity index (χ3n) is 3.91. The van der Waals surface area contributed by atoms with Crippen molar-refractivity contribution in [2.75, 3.05) is 13.1 Å². The first-order chi connectivity index (χ1) is 8.74. The smallest absolute Gasteiger partial charge is 0.272 e. The molecule has 4 nitrogen and oxygen atoms in total. The van der Waals surface area contributed by atoms with Crippen LogP contribution < -0.4 is 0 Å². The molecule has 2 aliphatic heterocycles. The minimum Gasteiger partial charge on any atom is -0.373 e. The molecule has 4 heteroatoms. The predicted molar refractivity (Wildman–Crippen MR) is 67.2 cm³/mol. The Morgan fingerprint density at radius 2 is 2.39 bits per heavy atom. The molecule has 96 valence electrons. The number of nitrogens with zero attached hydrogens (tertiary/aromatic N) is 2. The second-order valence-corrected chi connectivity index (χ2v) is 5.24. The summed E-state index contributed by atoms with van der Waals surface area (Å²) in [5.74, 6) is 0.657. The average Bonchev–Trinajstić information content (AvgIpc) is 2.78. The maximum absolute atomic E-state index is 12.3. The largest absolute Gasteiger partial charge is 0.373 e. The normalized spacial score (nSPS) is 31.2. The van der Waals surface area contributed by atoms with Gasteiger partial charge >= 0.3 is 0 Å². The molecule has 0 bridgehead atoms. The Morgan fingerprint density at radius 3 is 3.17 bits per heavy atom. The van der Waals surface area contributed by atoms with Gasteiger partial charge in [0.15, 0.2) is 0 Å². The van der Waals surface area contributed by atoms with Crippen molar-refractivity contribution >= 4 is 5.91 Å². The maximum atomic E-state index is 12.3. The Bertz CT molecular complexity index is 435. The number of ether oxygens (including phenoxy) is 1. The highest BCUT2D eigenvalue weighted by Gasteiger charge is 2.38. The van der Waals surface area contributed by atoms with Gasteiger partial charge in [0.05, 0.1) is 12.2 Å². The number of piperidine rings is 1. The lowest BCUT2D eigenvalue weighted by molar-refractivity contribution is 0.00138. The summed E-state index contributed by atoms with van der Waals surface area (Å²) in [7, 11) is 0. The zero-order chi connectivity index (χ0) is 12.5. The highest BCUT2D eigenvalue weighted by molar-refractivity contribution is 5.92. The monoisotopic (exact) mass is 246 g/mol. The van der Waals surface area contributed by atoms with E-state index in [1.165, 1.54) is 0 Å². The van der Waals surface area contributed by atoms with Crippen molar-refractivity contribution in [3.63, 3.8) is 0 Å². The fourth-order valence-corrected chi connectivity index (χ4v) is 3.00. The standard InChI is InChI=1S/C14H18N2O2/c1-10-8-11-5-7-16(9-13(11)18-10)14(17)12-4-2-3-6-15-12/h2-4,6,10-11,13H,5,7-9H2,1H3/t10-,11-,13+/m0/s1. The number of pyridine rings is 1. The molecule has 1 aromatic heterocycles. The van der Waals surface area contributed by atoms with Crippen LogP contribution in [0, 0.1) is 5.92 Å². The van der Waals surface area contributed by atoms with Gasteiger partial charge in [0.1, 0.15) is 5.69 Å². The number of fused-ring (bicyclic) bond motifs is 1. The van der Waals surface area contributed by atoms with Crippen molar-refractivity contribution < 1.29 is 9.53 Å². The molecule has 3 rings (SSSR count). The van der Waals surface area contributed by atoms with E-state index >= 15 is 0 Å². The number of carbonyl (C=O) groups excluding carboxylic acids is 1. The maximum Gasteiger partial charge on any atom is 0.272 e. The molecule has 1 amide bonds. The summed E-state index contributed by atoms with van der Waals surface area (Å²) in [5, 5.41) is 0. The molecule has 0 unspecified atom stereocenters. The van der Waals surface area contributed by atoms with Crippen molar-refractivity contribution in [3.8, 4) is 0 Å². The average molecular weight is 246 g/mol. The minimum atomic E-state index is 0.0252. The lowest BCUT2D eigenvalue weighted by atomic mass is 9.92. The van der Waals surface area contributed by atoms with Crippen LogP contribution in [0.4, 0.5) is 0 Å². The number of amides is 1. The molecule has 0 radical (unpaired) electrons. The molecule has 2 saturated heterocycles. The second kappa shape index (κ2) is 4.69. The van der Waals surface area contributed by atoms with Gasteiger partial charge in [-0.25, -0.2) is 0 Å². The van der Waals surface area contributed by atoms with Crippen molar-refractivity contribution in [1.82, 2.24) is 9.88 Å². The first-order valence-electron chi connectivity index (χ1n) is 6.60. The number of hydrogen-bond acceptors (Lipinski definition) is 3. The Morgan fingerprint density at radius 1 is 1.50 bits per heavy atom. The van der Waals surface area contributed by atoms with Crippen LogP contribution in [0.5, 0.6) is 0 Å². The minimum absolute atomic E-state index is 0.0252. The number of aromatic nitrogens is 1. The van der Waals surface area contributed by atoms with Gasteiger partial charge in [-0.15, -0.1) is 0 Å². The lowest BCUT2D eigenvalue weighted by Crippen LogP contribution is -2.45. The van der Waals surface area contributed by atoms with E-state index in [4.69, 9.17) is 4.74 Å². The molecular formula is C14H18N2O2. The summed E-state index contributed by atoms with van der Waals surface area (Å²) < 4.78 is 5.87. The molecule has 0 spiro atoms. The summed E-state index contributed by atoms with van der Waals surface area (Å²) >= 11 is 0. The molecule has 0 N–H and O–H groups in total. The van der Waals surface area contributed by atoms with E-state index in [0.717, 1.165) is 19.4 Å². The molecule has 0 saturated carbocycles. The van der Waals surface area contributed by atoms with E-state index in [-0.39, 0.29) is 12.0 Å². The molecule has 3 heterocycles. The van der Waals surface area contributed by atoms with Gasteiger partial charge in [-0.05, 0) is 37.8 Å². The predicted octanol–water partition coefficient (Wildman–Crippen LogP) is 1.72. The molecule has 0 aliphatic carbocycles. The molecule has 2 aliphatic rings. The van der Waals surface area contributed by atoms with Crippen LogP contribution in [-0.2, 0) is 4.74 Å². The van der Waals surface area contributed by atoms with E-state index in [1.54, 1.807) is 12.3 Å². The highest BCUT2D eigenvalue weighted by Crippen LogP contribution is 2.33. The van der Waals surface area contributed by atoms with Crippen molar-refractivity contribution in [3.05, 3.63) is 30.1 Å². The first-order valence-corrected chi connectivity index (χ1v) is 6.60. The lowest BCUT2D eigenvalue weighted by Gasteiger charge is -2.33. The third kappa shape index (κ3) is 2.12. The summed E-state index contributed by atoms with van der Waals surface area (Å²) in [6.45, 7) is 3.65. The topological polar surface area (TPSA) is 42.4 Å². The van der Waals surface area contributed by atoms with E-state index in [2.05, 4.69) is 11.9 Å². The zero-order valence-corrected chi connectivity index (χ0v) is 10.6. The Hall–Kier alpha value is -1.42. The van der Waals surface area contributed by atoms with Gasteiger partial charge in [-0.2, -0.15) is 0 Å². The van der Waals surface area contributed by atoms with Crippen LogP contribution in [0.25, 0.3) is 0 Å². The summed E-state index contributed by atoms with van der Waals surface area (Å²) in [6, 6.07) is 5.44. The number of likely N-dealkylation sites (tertiary alicyclic amines) is 1. The summed E-state index contributed by atoms with van der Waals surface area (Å²) in [6.07, 6.45) is 4.41. The van der Waals surface area contributed by atoms with Crippen LogP contribution in [0.1, 0.15) is 30.3 Å². The SMILES string of the molecule is C[C@H]1C[C@@H]2CCN(C(=O)c3ccccn3)C[C@H]2O1.